The third kappa shape index (κ3) is 3.84. The Hall–Kier alpha value is -0.830. The van der Waals surface area contributed by atoms with Crippen molar-refractivity contribution in [2.45, 2.75) is 47.1 Å². The average Bonchev–Trinajstić information content (AvgIpc) is 2.19. The minimum atomic E-state index is 0.0526. The van der Waals surface area contributed by atoms with Crippen LogP contribution in [-0.2, 0) is 4.79 Å². The number of nitrogens with zero attached hydrogens (tertiary/aromatic N) is 1. The molecule has 0 saturated carbocycles. The fourth-order valence-electron chi connectivity index (χ4n) is 2.17. The number of hydrogen-bond donors (Lipinski definition) is 1. The van der Waals surface area contributed by atoms with Gasteiger partial charge in [0.05, 0.1) is 0 Å². The van der Waals surface area contributed by atoms with Crippen LogP contribution in [0.3, 0.4) is 0 Å². The first-order chi connectivity index (χ1) is 7.74. The van der Waals surface area contributed by atoms with Gasteiger partial charge in [0.2, 0.25) is 5.91 Å². The van der Waals surface area contributed by atoms with Gasteiger partial charge in [0.1, 0.15) is 0 Å². The van der Waals surface area contributed by atoms with Crippen molar-refractivity contribution in [3.05, 3.63) is 11.8 Å². The molecule has 0 aliphatic carbocycles. The van der Waals surface area contributed by atoms with Gasteiger partial charge in [-0.15, -0.1) is 0 Å². The summed E-state index contributed by atoms with van der Waals surface area (Å²) in [7, 11) is 1.96. The summed E-state index contributed by atoms with van der Waals surface area (Å²) in [4.78, 5) is 14.1. The van der Waals surface area contributed by atoms with Crippen LogP contribution in [0.5, 0.6) is 0 Å². The molecule has 1 aliphatic heterocycles. The molecule has 2 atom stereocenters. The third-order valence-electron chi connectivity index (χ3n) is 3.45. The lowest BCUT2D eigenvalue weighted by molar-refractivity contribution is -0.131. The molecule has 98 valence electrons. The van der Waals surface area contributed by atoms with Crippen molar-refractivity contribution in [3.8, 4) is 0 Å². The molecule has 1 heterocycles. The van der Waals surface area contributed by atoms with Gasteiger partial charge >= 0.3 is 0 Å². The SMILES string of the molecule is CNC1CN(C(=O)CC(C)(C)C)C=C(C)C1C. The zero-order chi connectivity index (χ0) is 13.2. The topological polar surface area (TPSA) is 32.3 Å². The summed E-state index contributed by atoms with van der Waals surface area (Å²) in [5.41, 5.74) is 1.33. The molecule has 1 rings (SSSR count). The molecule has 0 bridgehead atoms. The van der Waals surface area contributed by atoms with E-state index in [1.807, 2.05) is 18.1 Å². The second kappa shape index (κ2) is 5.21. The van der Waals surface area contributed by atoms with Crippen molar-refractivity contribution >= 4 is 5.91 Å². The molecule has 0 aromatic rings. The second-order valence-electron chi connectivity index (χ2n) is 6.34. The monoisotopic (exact) mass is 238 g/mol. The Bertz CT molecular complexity index is 315. The Kier molecular flexibility index (Phi) is 4.36. The molecule has 0 aromatic heterocycles. The van der Waals surface area contributed by atoms with E-state index in [1.165, 1.54) is 5.57 Å². The Labute approximate surface area is 105 Å². The van der Waals surface area contributed by atoms with Crippen LogP contribution in [0, 0.1) is 11.3 Å². The fraction of sp³-hybridized carbons (Fsp3) is 0.786. The van der Waals surface area contributed by atoms with Crippen molar-refractivity contribution in [2.24, 2.45) is 11.3 Å². The van der Waals surface area contributed by atoms with E-state index in [4.69, 9.17) is 0 Å². The molecule has 1 amide bonds. The Morgan fingerprint density at radius 2 is 2.12 bits per heavy atom. The second-order valence-corrected chi connectivity index (χ2v) is 6.34. The summed E-state index contributed by atoms with van der Waals surface area (Å²) in [5.74, 6) is 0.725. The summed E-state index contributed by atoms with van der Waals surface area (Å²) in [6.07, 6.45) is 2.62. The van der Waals surface area contributed by atoms with Crippen LogP contribution in [-0.4, -0.2) is 30.4 Å². The van der Waals surface area contributed by atoms with Gasteiger partial charge in [-0.3, -0.25) is 4.79 Å². The molecule has 1 N–H and O–H groups in total. The highest BCUT2D eigenvalue weighted by Gasteiger charge is 2.28. The smallest absolute Gasteiger partial charge is 0.227 e. The maximum atomic E-state index is 12.2. The standard InChI is InChI=1S/C14H26N2O/c1-10-8-16(9-12(15-6)11(10)2)13(17)7-14(3,4)5/h8,11-12,15H,7,9H2,1-6H3. The molecule has 0 fully saturated rings. The van der Waals surface area contributed by atoms with Crippen LogP contribution in [0.2, 0.25) is 0 Å². The Balaban J connectivity index is 2.76. The quantitative estimate of drug-likeness (QED) is 0.801. The van der Waals surface area contributed by atoms with Gasteiger partial charge in [-0.2, -0.15) is 0 Å². The van der Waals surface area contributed by atoms with Crippen LogP contribution in [0.4, 0.5) is 0 Å². The maximum absolute atomic E-state index is 12.2. The van der Waals surface area contributed by atoms with E-state index in [0.29, 0.717) is 18.4 Å². The number of amides is 1. The number of nitrogens with one attached hydrogen (secondary N) is 1. The minimum Gasteiger partial charge on any atom is -0.318 e. The first-order valence-corrected chi connectivity index (χ1v) is 6.39. The molecule has 3 heteroatoms. The van der Waals surface area contributed by atoms with Crippen molar-refractivity contribution in [1.29, 1.82) is 0 Å². The zero-order valence-electron chi connectivity index (χ0n) is 12.0. The van der Waals surface area contributed by atoms with Crippen molar-refractivity contribution in [3.63, 3.8) is 0 Å². The van der Waals surface area contributed by atoms with Gasteiger partial charge in [-0.1, -0.05) is 33.3 Å². The lowest BCUT2D eigenvalue weighted by Gasteiger charge is -2.36. The first-order valence-electron chi connectivity index (χ1n) is 6.39. The predicted octanol–water partition coefficient (Wildman–Crippen LogP) is 2.39. The Morgan fingerprint density at radius 3 is 2.59 bits per heavy atom. The van der Waals surface area contributed by atoms with Gasteiger partial charge in [0.15, 0.2) is 0 Å². The van der Waals surface area contributed by atoms with Crippen LogP contribution in [0.15, 0.2) is 11.8 Å². The van der Waals surface area contributed by atoms with Crippen LogP contribution in [0.25, 0.3) is 0 Å². The van der Waals surface area contributed by atoms with Crippen molar-refractivity contribution in [1.82, 2.24) is 10.2 Å². The van der Waals surface area contributed by atoms with E-state index >= 15 is 0 Å². The van der Waals surface area contributed by atoms with Gasteiger partial charge in [0, 0.05) is 25.2 Å². The predicted molar refractivity (Wildman–Crippen MR) is 71.6 cm³/mol. The normalized spacial score (nSPS) is 25.8. The number of carbonyl (C=O) groups is 1. The van der Waals surface area contributed by atoms with Gasteiger partial charge in [-0.05, 0) is 25.3 Å². The molecular formula is C14H26N2O. The fourth-order valence-corrected chi connectivity index (χ4v) is 2.17. The number of hydrogen-bond acceptors (Lipinski definition) is 2. The zero-order valence-corrected chi connectivity index (χ0v) is 12.0. The molecular weight excluding hydrogens is 212 g/mol. The first kappa shape index (κ1) is 14.2. The van der Waals surface area contributed by atoms with E-state index in [9.17, 15) is 4.79 Å². The minimum absolute atomic E-state index is 0.0526. The molecule has 0 aromatic carbocycles. The lowest BCUT2D eigenvalue weighted by Crippen LogP contribution is -2.47. The van der Waals surface area contributed by atoms with E-state index in [1.54, 1.807) is 0 Å². The molecule has 0 saturated heterocycles. The summed E-state index contributed by atoms with van der Waals surface area (Å²) >= 11 is 0. The van der Waals surface area contributed by atoms with Crippen LogP contribution >= 0.6 is 0 Å². The number of likely N-dealkylation sites (N-methyl/N-ethyl adjacent to an activating group) is 1. The van der Waals surface area contributed by atoms with E-state index in [0.717, 1.165) is 6.54 Å². The number of rotatable bonds is 2. The molecule has 17 heavy (non-hydrogen) atoms. The average molecular weight is 238 g/mol. The summed E-state index contributed by atoms with van der Waals surface area (Å²) in [6, 6.07) is 0.365. The van der Waals surface area contributed by atoms with Gasteiger partial charge < -0.3 is 10.2 Å². The summed E-state index contributed by atoms with van der Waals surface area (Å²) in [5, 5.41) is 3.30. The highest BCUT2D eigenvalue weighted by atomic mass is 16.2. The van der Waals surface area contributed by atoms with Gasteiger partial charge in [0.25, 0.3) is 0 Å². The van der Waals surface area contributed by atoms with E-state index < -0.39 is 0 Å². The molecule has 0 spiro atoms. The maximum Gasteiger partial charge on any atom is 0.227 e. The number of carbonyl (C=O) groups excluding carboxylic acids is 1. The molecule has 3 nitrogen and oxygen atoms in total. The van der Waals surface area contributed by atoms with Crippen molar-refractivity contribution < 1.29 is 4.79 Å². The van der Waals surface area contributed by atoms with Crippen LogP contribution in [0.1, 0.15) is 41.0 Å². The van der Waals surface area contributed by atoms with E-state index in [-0.39, 0.29) is 11.3 Å². The summed E-state index contributed by atoms with van der Waals surface area (Å²) in [6.45, 7) is 11.4. The lowest BCUT2D eigenvalue weighted by atomic mass is 9.89. The largest absolute Gasteiger partial charge is 0.318 e. The van der Waals surface area contributed by atoms with Crippen molar-refractivity contribution in [2.75, 3.05) is 13.6 Å². The molecule has 1 aliphatic rings. The van der Waals surface area contributed by atoms with Crippen LogP contribution < -0.4 is 5.32 Å². The third-order valence-corrected chi connectivity index (χ3v) is 3.45. The summed E-state index contributed by atoms with van der Waals surface area (Å²) < 4.78 is 0. The molecule has 2 unspecified atom stereocenters. The highest BCUT2D eigenvalue weighted by Crippen LogP contribution is 2.25. The highest BCUT2D eigenvalue weighted by molar-refractivity contribution is 5.78. The van der Waals surface area contributed by atoms with Gasteiger partial charge in [-0.25, -0.2) is 0 Å². The Morgan fingerprint density at radius 1 is 1.53 bits per heavy atom. The van der Waals surface area contributed by atoms with E-state index in [2.05, 4.69) is 39.9 Å². The molecule has 0 radical (unpaired) electrons.